The third-order valence-corrected chi connectivity index (χ3v) is 5.16. The maximum absolute atomic E-state index is 12.7. The molecule has 0 radical (unpaired) electrons. The number of hydrogen-bond donors (Lipinski definition) is 2. The van der Waals surface area contributed by atoms with E-state index in [4.69, 9.17) is 0 Å². The van der Waals surface area contributed by atoms with Gasteiger partial charge in [0.05, 0.1) is 11.7 Å². The summed E-state index contributed by atoms with van der Waals surface area (Å²) in [4.78, 5) is 14.6. The lowest BCUT2D eigenvalue weighted by Crippen LogP contribution is -2.43. The third-order valence-electron chi connectivity index (χ3n) is 5.16. The zero-order valence-corrected chi connectivity index (χ0v) is 14.9. The minimum Gasteiger partial charge on any atom is -0.322 e. The fraction of sp³-hybridized carbons (Fsp3) is 0.474. The van der Waals surface area contributed by atoms with E-state index in [1.807, 2.05) is 17.9 Å². The van der Waals surface area contributed by atoms with Crippen molar-refractivity contribution in [2.24, 2.45) is 0 Å². The van der Waals surface area contributed by atoms with Gasteiger partial charge in [-0.2, -0.15) is 5.10 Å². The number of urea groups is 1. The average molecular weight is 339 g/mol. The number of amides is 2. The van der Waals surface area contributed by atoms with Crippen LogP contribution in [0.15, 0.2) is 24.3 Å². The van der Waals surface area contributed by atoms with Gasteiger partial charge < -0.3 is 15.5 Å². The molecule has 1 fully saturated rings. The lowest BCUT2D eigenvalue weighted by atomic mass is 10.1. The summed E-state index contributed by atoms with van der Waals surface area (Å²) in [5.41, 5.74) is 5.67. The second-order valence-electron chi connectivity index (χ2n) is 7.13. The Kier molecular flexibility index (Phi) is 4.21. The molecule has 2 N–H and O–H groups in total. The van der Waals surface area contributed by atoms with Crippen LogP contribution in [0.5, 0.6) is 0 Å². The summed E-state index contributed by atoms with van der Waals surface area (Å²) in [6.45, 7) is 7.40. The Morgan fingerprint density at radius 1 is 1.24 bits per heavy atom. The number of piperidine rings is 1. The largest absolute Gasteiger partial charge is 0.322 e. The van der Waals surface area contributed by atoms with Gasteiger partial charge in [0.1, 0.15) is 0 Å². The molecule has 6 heteroatoms. The lowest BCUT2D eigenvalue weighted by Gasteiger charge is -2.33. The van der Waals surface area contributed by atoms with Crippen molar-refractivity contribution < 1.29 is 4.79 Å². The van der Waals surface area contributed by atoms with Crippen molar-refractivity contribution in [1.29, 1.82) is 0 Å². The van der Waals surface area contributed by atoms with Gasteiger partial charge in [0, 0.05) is 37.6 Å². The number of nitrogens with zero attached hydrogens (tertiary/aromatic N) is 3. The smallest absolute Gasteiger partial charge is 0.321 e. The van der Waals surface area contributed by atoms with Gasteiger partial charge in [-0.3, -0.25) is 4.68 Å². The van der Waals surface area contributed by atoms with Crippen LogP contribution in [0.2, 0.25) is 0 Å². The molecule has 0 saturated carbocycles. The quantitative estimate of drug-likeness (QED) is 0.884. The Balaban J connectivity index is 1.44. The van der Waals surface area contributed by atoms with Crippen molar-refractivity contribution >= 4 is 11.7 Å². The van der Waals surface area contributed by atoms with E-state index in [0.29, 0.717) is 6.54 Å². The highest BCUT2D eigenvalue weighted by Crippen LogP contribution is 2.24. The fourth-order valence-electron chi connectivity index (χ4n) is 3.93. The fourth-order valence-corrected chi connectivity index (χ4v) is 3.93. The number of rotatable bonds is 2. The van der Waals surface area contributed by atoms with Gasteiger partial charge in [0.25, 0.3) is 0 Å². The molecule has 25 heavy (non-hydrogen) atoms. The minimum absolute atomic E-state index is 0.0165. The minimum atomic E-state index is -0.0165. The molecule has 0 unspecified atom stereocenters. The summed E-state index contributed by atoms with van der Waals surface area (Å²) < 4.78 is 2.08. The maximum Gasteiger partial charge on any atom is 0.321 e. The average Bonchev–Trinajstić information content (AvgIpc) is 3.20. The first-order chi connectivity index (χ1) is 12.1. The first-order valence-electron chi connectivity index (χ1n) is 9.01. The summed E-state index contributed by atoms with van der Waals surface area (Å²) in [6, 6.07) is 8.51. The van der Waals surface area contributed by atoms with E-state index in [1.165, 1.54) is 11.1 Å². The Morgan fingerprint density at radius 2 is 2.08 bits per heavy atom. The van der Waals surface area contributed by atoms with Crippen LogP contribution in [0.25, 0.3) is 0 Å². The third kappa shape index (κ3) is 3.26. The molecule has 2 aromatic rings. The molecule has 2 aliphatic rings. The second kappa shape index (κ2) is 6.52. The van der Waals surface area contributed by atoms with Crippen molar-refractivity contribution in [3.05, 3.63) is 46.8 Å². The Morgan fingerprint density at radius 3 is 2.88 bits per heavy atom. The SMILES string of the molecule is Cc1cc(C)n([C@H]2CCCN(C(=O)Nc3ccc4c(c3)CNC4)C2)n1. The molecule has 0 spiro atoms. The summed E-state index contributed by atoms with van der Waals surface area (Å²) >= 11 is 0. The van der Waals surface area contributed by atoms with E-state index in [9.17, 15) is 4.79 Å². The molecular formula is C19H25N5O. The number of carbonyl (C=O) groups excluding carboxylic acids is 1. The molecule has 1 aromatic heterocycles. The predicted molar refractivity (Wildman–Crippen MR) is 97.5 cm³/mol. The standard InChI is InChI=1S/C19H25N5O/c1-13-8-14(2)24(22-13)18-4-3-7-23(12-18)19(25)21-17-6-5-15-10-20-11-16(15)9-17/h5-6,8-9,18,20H,3-4,7,10-12H2,1-2H3,(H,21,25)/t18-/m0/s1. The van der Waals surface area contributed by atoms with Crippen LogP contribution in [-0.2, 0) is 13.1 Å². The van der Waals surface area contributed by atoms with Gasteiger partial charge in [0.2, 0.25) is 0 Å². The van der Waals surface area contributed by atoms with E-state index in [-0.39, 0.29) is 12.1 Å². The van der Waals surface area contributed by atoms with Crippen molar-refractivity contribution in [2.75, 3.05) is 18.4 Å². The highest BCUT2D eigenvalue weighted by Gasteiger charge is 2.26. The van der Waals surface area contributed by atoms with Crippen molar-refractivity contribution in [1.82, 2.24) is 20.0 Å². The number of anilines is 1. The second-order valence-corrected chi connectivity index (χ2v) is 7.13. The first-order valence-corrected chi connectivity index (χ1v) is 9.01. The molecular weight excluding hydrogens is 314 g/mol. The number of fused-ring (bicyclic) bond motifs is 1. The van der Waals surface area contributed by atoms with Gasteiger partial charge in [-0.05, 0) is 56.0 Å². The van der Waals surface area contributed by atoms with E-state index in [1.54, 1.807) is 0 Å². The highest BCUT2D eigenvalue weighted by atomic mass is 16.2. The van der Waals surface area contributed by atoms with Crippen LogP contribution in [0.4, 0.5) is 10.5 Å². The molecule has 1 atom stereocenters. The van der Waals surface area contributed by atoms with Crippen LogP contribution in [0.3, 0.4) is 0 Å². The van der Waals surface area contributed by atoms with Crippen molar-refractivity contribution in [3.8, 4) is 0 Å². The van der Waals surface area contributed by atoms with E-state index >= 15 is 0 Å². The first kappa shape index (κ1) is 16.1. The number of benzene rings is 1. The number of carbonyl (C=O) groups is 1. The van der Waals surface area contributed by atoms with Gasteiger partial charge in [0.15, 0.2) is 0 Å². The topological polar surface area (TPSA) is 62.2 Å². The summed E-state index contributed by atoms with van der Waals surface area (Å²) in [6.07, 6.45) is 2.07. The Hall–Kier alpha value is -2.34. The molecule has 6 nitrogen and oxygen atoms in total. The summed E-state index contributed by atoms with van der Waals surface area (Å²) in [7, 11) is 0. The number of nitrogens with one attached hydrogen (secondary N) is 2. The van der Waals surface area contributed by atoms with Crippen LogP contribution in [-0.4, -0.2) is 33.8 Å². The zero-order chi connectivity index (χ0) is 17.4. The van der Waals surface area contributed by atoms with Crippen molar-refractivity contribution in [3.63, 3.8) is 0 Å². The Labute approximate surface area is 148 Å². The van der Waals surface area contributed by atoms with E-state index in [2.05, 4.69) is 45.5 Å². The van der Waals surface area contributed by atoms with Gasteiger partial charge in [-0.1, -0.05) is 6.07 Å². The van der Waals surface area contributed by atoms with Crippen molar-refractivity contribution in [2.45, 2.75) is 45.8 Å². The monoisotopic (exact) mass is 339 g/mol. The number of aryl methyl sites for hydroxylation is 2. The summed E-state index contributed by atoms with van der Waals surface area (Å²) in [5.74, 6) is 0. The number of aromatic nitrogens is 2. The summed E-state index contributed by atoms with van der Waals surface area (Å²) in [5, 5.41) is 11.0. The molecule has 1 saturated heterocycles. The molecule has 0 bridgehead atoms. The highest BCUT2D eigenvalue weighted by molar-refractivity contribution is 5.89. The van der Waals surface area contributed by atoms with Crippen LogP contribution >= 0.6 is 0 Å². The lowest BCUT2D eigenvalue weighted by molar-refractivity contribution is 0.174. The van der Waals surface area contributed by atoms with Crippen LogP contribution in [0.1, 0.15) is 41.4 Å². The van der Waals surface area contributed by atoms with Crippen LogP contribution in [0, 0.1) is 13.8 Å². The van der Waals surface area contributed by atoms with Crippen LogP contribution < -0.4 is 10.6 Å². The molecule has 0 aliphatic carbocycles. The van der Waals surface area contributed by atoms with Gasteiger partial charge in [-0.25, -0.2) is 4.79 Å². The normalized spacial score (nSPS) is 19.8. The predicted octanol–water partition coefficient (Wildman–Crippen LogP) is 2.97. The molecule has 132 valence electrons. The van der Waals surface area contributed by atoms with E-state index in [0.717, 1.165) is 49.6 Å². The molecule has 2 amide bonds. The van der Waals surface area contributed by atoms with Gasteiger partial charge in [-0.15, -0.1) is 0 Å². The molecule has 4 rings (SSSR count). The zero-order valence-electron chi connectivity index (χ0n) is 14.9. The Bertz CT molecular complexity index is 797. The maximum atomic E-state index is 12.7. The van der Waals surface area contributed by atoms with E-state index < -0.39 is 0 Å². The molecule has 1 aromatic carbocycles. The molecule has 2 aliphatic heterocycles. The number of hydrogen-bond acceptors (Lipinski definition) is 3. The number of likely N-dealkylation sites (tertiary alicyclic amines) is 1. The van der Waals surface area contributed by atoms with Gasteiger partial charge >= 0.3 is 6.03 Å². The molecule has 3 heterocycles.